The van der Waals surface area contributed by atoms with E-state index in [1.54, 1.807) is 0 Å². The first-order chi connectivity index (χ1) is 11.1. The Kier molecular flexibility index (Phi) is 4.87. The minimum atomic E-state index is 0.825. The summed E-state index contributed by atoms with van der Waals surface area (Å²) in [5.41, 5.74) is 7.90. The van der Waals surface area contributed by atoms with Crippen LogP contribution in [0, 0.1) is 20.8 Å². The van der Waals surface area contributed by atoms with Crippen LogP contribution < -0.4 is 10.2 Å². The summed E-state index contributed by atoms with van der Waals surface area (Å²) in [6.45, 7) is 11.0. The molecule has 3 nitrogen and oxygen atoms in total. The molecule has 23 heavy (non-hydrogen) atoms. The number of hydrogen-bond donors (Lipinski definition) is 1. The number of anilines is 2. The maximum absolute atomic E-state index is 5.41. The van der Waals surface area contributed by atoms with E-state index in [-0.39, 0.29) is 0 Å². The number of hydrogen-bond acceptors (Lipinski definition) is 3. The van der Waals surface area contributed by atoms with Crippen molar-refractivity contribution in [2.45, 2.75) is 27.3 Å². The predicted octanol–water partition coefficient (Wildman–Crippen LogP) is 4.06. The lowest BCUT2D eigenvalue weighted by Crippen LogP contribution is -2.36. The zero-order valence-corrected chi connectivity index (χ0v) is 14.4. The molecule has 0 aliphatic carbocycles. The highest BCUT2D eigenvalue weighted by atomic mass is 16.5. The topological polar surface area (TPSA) is 24.5 Å². The molecule has 1 N–H and O–H groups in total. The van der Waals surface area contributed by atoms with Gasteiger partial charge in [-0.05, 0) is 61.7 Å². The van der Waals surface area contributed by atoms with Gasteiger partial charge in [0.05, 0.1) is 13.2 Å². The Labute approximate surface area is 139 Å². The monoisotopic (exact) mass is 310 g/mol. The third kappa shape index (κ3) is 3.85. The first-order valence-electron chi connectivity index (χ1n) is 8.37. The summed E-state index contributed by atoms with van der Waals surface area (Å²) < 4.78 is 5.41. The van der Waals surface area contributed by atoms with Gasteiger partial charge in [0, 0.05) is 31.0 Å². The van der Waals surface area contributed by atoms with Crippen LogP contribution in [-0.4, -0.2) is 26.3 Å². The summed E-state index contributed by atoms with van der Waals surface area (Å²) in [5, 5.41) is 3.55. The lowest BCUT2D eigenvalue weighted by atomic mass is 10.00. The molecule has 0 bridgehead atoms. The molecular weight excluding hydrogens is 284 g/mol. The fraction of sp³-hybridized carbons (Fsp3) is 0.400. The molecule has 2 aromatic carbocycles. The van der Waals surface area contributed by atoms with Crippen molar-refractivity contribution >= 4 is 11.4 Å². The summed E-state index contributed by atoms with van der Waals surface area (Å²) >= 11 is 0. The molecule has 3 heteroatoms. The van der Waals surface area contributed by atoms with E-state index in [1.807, 2.05) is 0 Å². The quantitative estimate of drug-likeness (QED) is 0.921. The van der Waals surface area contributed by atoms with Crippen molar-refractivity contribution in [1.82, 2.24) is 0 Å². The number of rotatable bonds is 4. The Balaban J connectivity index is 1.65. The summed E-state index contributed by atoms with van der Waals surface area (Å²) in [7, 11) is 0. The molecule has 122 valence electrons. The van der Waals surface area contributed by atoms with Crippen LogP contribution in [0.25, 0.3) is 0 Å². The van der Waals surface area contributed by atoms with Crippen molar-refractivity contribution < 1.29 is 4.74 Å². The highest BCUT2D eigenvalue weighted by Crippen LogP contribution is 2.21. The standard InChI is InChI=1S/C20H26N2O/c1-15-12-16(2)20(17(3)13-15)14-21-18-4-6-19(7-5-18)22-8-10-23-11-9-22/h4-7,12-13,21H,8-11,14H2,1-3H3. The van der Waals surface area contributed by atoms with Gasteiger partial charge in [0.25, 0.3) is 0 Å². The molecule has 1 saturated heterocycles. The van der Waals surface area contributed by atoms with E-state index >= 15 is 0 Å². The van der Waals surface area contributed by atoms with Crippen molar-refractivity contribution in [3.63, 3.8) is 0 Å². The van der Waals surface area contributed by atoms with Crippen molar-refractivity contribution in [3.8, 4) is 0 Å². The van der Waals surface area contributed by atoms with Gasteiger partial charge in [0.2, 0.25) is 0 Å². The van der Waals surface area contributed by atoms with E-state index in [9.17, 15) is 0 Å². The first-order valence-corrected chi connectivity index (χ1v) is 8.37. The molecular formula is C20H26N2O. The maximum atomic E-state index is 5.41. The second-order valence-electron chi connectivity index (χ2n) is 6.38. The Morgan fingerprint density at radius 2 is 1.57 bits per heavy atom. The molecule has 0 unspecified atom stereocenters. The van der Waals surface area contributed by atoms with Crippen LogP contribution in [0.4, 0.5) is 11.4 Å². The maximum Gasteiger partial charge on any atom is 0.0642 e. The van der Waals surface area contributed by atoms with Crippen molar-refractivity contribution in [2.75, 3.05) is 36.5 Å². The predicted molar refractivity (Wildman–Crippen MR) is 97.5 cm³/mol. The number of benzene rings is 2. The number of morpholine rings is 1. The van der Waals surface area contributed by atoms with E-state index < -0.39 is 0 Å². The summed E-state index contributed by atoms with van der Waals surface area (Å²) in [4.78, 5) is 2.38. The lowest BCUT2D eigenvalue weighted by molar-refractivity contribution is 0.122. The van der Waals surface area contributed by atoms with E-state index in [2.05, 4.69) is 67.4 Å². The van der Waals surface area contributed by atoms with Crippen LogP contribution in [0.5, 0.6) is 0 Å². The van der Waals surface area contributed by atoms with Gasteiger partial charge in [-0.2, -0.15) is 0 Å². The average Bonchev–Trinajstić information content (AvgIpc) is 2.55. The number of ether oxygens (including phenoxy) is 1. The minimum absolute atomic E-state index is 0.825. The molecule has 1 aliphatic rings. The van der Waals surface area contributed by atoms with Crippen LogP contribution in [0.1, 0.15) is 22.3 Å². The molecule has 0 amide bonds. The fourth-order valence-corrected chi connectivity index (χ4v) is 3.29. The lowest BCUT2D eigenvalue weighted by Gasteiger charge is -2.29. The second-order valence-corrected chi connectivity index (χ2v) is 6.38. The molecule has 0 atom stereocenters. The van der Waals surface area contributed by atoms with Gasteiger partial charge in [-0.25, -0.2) is 0 Å². The molecule has 3 rings (SSSR count). The van der Waals surface area contributed by atoms with Gasteiger partial charge in [0.15, 0.2) is 0 Å². The molecule has 1 heterocycles. The third-order valence-corrected chi connectivity index (χ3v) is 4.55. The fourth-order valence-electron chi connectivity index (χ4n) is 3.29. The number of aryl methyl sites for hydroxylation is 3. The molecule has 0 aromatic heterocycles. The van der Waals surface area contributed by atoms with E-state index in [4.69, 9.17) is 4.74 Å². The van der Waals surface area contributed by atoms with Crippen molar-refractivity contribution in [3.05, 3.63) is 58.7 Å². The van der Waals surface area contributed by atoms with E-state index in [0.717, 1.165) is 32.8 Å². The van der Waals surface area contributed by atoms with Gasteiger partial charge >= 0.3 is 0 Å². The van der Waals surface area contributed by atoms with E-state index in [1.165, 1.54) is 33.6 Å². The van der Waals surface area contributed by atoms with Crippen LogP contribution >= 0.6 is 0 Å². The Hall–Kier alpha value is -2.00. The Morgan fingerprint density at radius 1 is 0.957 bits per heavy atom. The smallest absolute Gasteiger partial charge is 0.0642 e. The molecule has 0 radical (unpaired) electrons. The molecule has 1 aliphatic heterocycles. The van der Waals surface area contributed by atoms with Crippen molar-refractivity contribution in [2.24, 2.45) is 0 Å². The first kappa shape index (κ1) is 15.9. The summed E-state index contributed by atoms with van der Waals surface area (Å²) in [5.74, 6) is 0. The van der Waals surface area contributed by atoms with Gasteiger partial charge < -0.3 is 15.0 Å². The Bertz CT molecular complexity index is 635. The van der Waals surface area contributed by atoms with E-state index in [0.29, 0.717) is 0 Å². The van der Waals surface area contributed by atoms with Gasteiger partial charge in [0.1, 0.15) is 0 Å². The summed E-state index contributed by atoms with van der Waals surface area (Å²) in [6.07, 6.45) is 0. The molecule has 1 fully saturated rings. The second kappa shape index (κ2) is 7.05. The number of nitrogens with zero attached hydrogens (tertiary/aromatic N) is 1. The average molecular weight is 310 g/mol. The van der Waals surface area contributed by atoms with Gasteiger partial charge in [-0.1, -0.05) is 17.7 Å². The van der Waals surface area contributed by atoms with Crippen LogP contribution in [0.15, 0.2) is 36.4 Å². The minimum Gasteiger partial charge on any atom is -0.381 e. The number of nitrogens with one attached hydrogen (secondary N) is 1. The molecule has 2 aromatic rings. The highest BCUT2D eigenvalue weighted by molar-refractivity contribution is 5.55. The molecule has 0 spiro atoms. The summed E-state index contributed by atoms with van der Waals surface area (Å²) in [6, 6.07) is 13.2. The largest absolute Gasteiger partial charge is 0.381 e. The highest BCUT2D eigenvalue weighted by Gasteiger charge is 2.10. The SMILES string of the molecule is Cc1cc(C)c(CNc2ccc(N3CCOCC3)cc2)c(C)c1. The van der Waals surface area contributed by atoms with Crippen LogP contribution in [0.2, 0.25) is 0 Å². The van der Waals surface area contributed by atoms with Gasteiger partial charge in [-0.3, -0.25) is 0 Å². The van der Waals surface area contributed by atoms with Crippen molar-refractivity contribution in [1.29, 1.82) is 0 Å². The van der Waals surface area contributed by atoms with Gasteiger partial charge in [-0.15, -0.1) is 0 Å². The van der Waals surface area contributed by atoms with Crippen LogP contribution in [-0.2, 0) is 11.3 Å². The third-order valence-electron chi connectivity index (χ3n) is 4.55. The zero-order valence-electron chi connectivity index (χ0n) is 14.4. The molecule has 0 saturated carbocycles. The zero-order chi connectivity index (χ0) is 16.2. The Morgan fingerprint density at radius 3 is 2.17 bits per heavy atom. The van der Waals surface area contributed by atoms with Crippen LogP contribution in [0.3, 0.4) is 0 Å². The normalized spacial score (nSPS) is 14.8.